The van der Waals surface area contributed by atoms with E-state index in [9.17, 15) is 0 Å². The predicted molar refractivity (Wildman–Crippen MR) is 64.7 cm³/mol. The van der Waals surface area contributed by atoms with Gasteiger partial charge in [-0.05, 0) is 23.8 Å². The molecule has 96 valence electrons. The highest BCUT2D eigenvalue weighted by Gasteiger charge is 2.41. The number of azide groups is 1. The van der Waals surface area contributed by atoms with Gasteiger partial charge in [0.1, 0.15) is 6.04 Å². The first-order valence-corrected chi connectivity index (χ1v) is 5.92. The van der Waals surface area contributed by atoms with Crippen molar-refractivity contribution in [2.45, 2.75) is 52.6 Å². The summed E-state index contributed by atoms with van der Waals surface area (Å²) in [6, 6.07) is -0.377. The zero-order chi connectivity index (χ0) is 13.0. The van der Waals surface area contributed by atoms with E-state index in [0.717, 1.165) is 6.42 Å². The van der Waals surface area contributed by atoms with Crippen molar-refractivity contribution < 1.29 is 9.47 Å². The van der Waals surface area contributed by atoms with Crippen LogP contribution in [0.1, 0.15) is 34.1 Å². The van der Waals surface area contributed by atoms with Crippen LogP contribution in [0.2, 0.25) is 0 Å². The lowest BCUT2D eigenvalue weighted by Crippen LogP contribution is -2.49. The fourth-order valence-electron chi connectivity index (χ4n) is 2.23. The molecule has 1 N–H and O–H groups in total. The van der Waals surface area contributed by atoms with Gasteiger partial charge in [0, 0.05) is 11.8 Å². The lowest BCUT2D eigenvalue weighted by Gasteiger charge is -2.42. The van der Waals surface area contributed by atoms with Crippen LogP contribution < -0.4 is 0 Å². The molecular formula is C11H20N4O2. The van der Waals surface area contributed by atoms with Gasteiger partial charge in [0.25, 0.3) is 0 Å². The highest BCUT2D eigenvalue weighted by Crippen LogP contribution is 2.34. The highest BCUT2D eigenvalue weighted by atomic mass is 16.7. The number of ether oxygens (including phenoxy) is 2. The van der Waals surface area contributed by atoms with Gasteiger partial charge in [0.05, 0.1) is 6.10 Å². The van der Waals surface area contributed by atoms with Crippen molar-refractivity contribution in [1.29, 1.82) is 5.41 Å². The third-order valence-electron chi connectivity index (χ3n) is 3.42. The maximum absolute atomic E-state index is 8.59. The van der Waals surface area contributed by atoms with Gasteiger partial charge < -0.3 is 9.47 Å². The van der Waals surface area contributed by atoms with Crippen LogP contribution in [0.5, 0.6) is 0 Å². The number of rotatable bonds is 3. The van der Waals surface area contributed by atoms with E-state index in [-0.39, 0.29) is 24.0 Å². The molecular weight excluding hydrogens is 220 g/mol. The van der Waals surface area contributed by atoms with Crippen LogP contribution in [0.25, 0.3) is 10.4 Å². The van der Waals surface area contributed by atoms with E-state index >= 15 is 0 Å². The van der Waals surface area contributed by atoms with Crippen molar-refractivity contribution in [3.8, 4) is 0 Å². The summed E-state index contributed by atoms with van der Waals surface area (Å²) in [6.45, 7) is 7.72. The minimum atomic E-state index is -0.639. The summed E-state index contributed by atoms with van der Waals surface area (Å²) in [5.74, 6) is 0.556. The van der Waals surface area contributed by atoms with Crippen molar-refractivity contribution in [3.05, 3.63) is 10.4 Å². The van der Waals surface area contributed by atoms with Crippen LogP contribution in [0, 0.1) is 17.2 Å². The van der Waals surface area contributed by atoms with Crippen molar-refractivity contribution in [2.24, 2.45) is 17.0 Å². The molecule has 0 aromatic rings. The highest BCUT2D eigenvalue weighted by molar-refractivity contribution is 5.69. The Morgan fingerprint density at radius 3 is 2.59 bits per heavy atom. The van der Waals surface area contributed by atoms with Gasteiger partial charge in [-0.25, -0.2) is 0 Å². The molecule has 1 fully saturated rings. The smallest absolute Gasteiger partial charge is 0.210 e. The molecule has 0 radical (unpaired) electrons. The molecule has 1 heterocycles. The Bertz CT molecular complexity index is 327. The Balaban J connectivity index is 2.89. The van der Waals surface area contributed by atoms with Crippen molar-refractivity contribution in [1.82, 2.24) is 0 Å². The molecule has 1 rings (SSSR count). The van der Waals surface area contributed by atoms with Crippen LogP contribution in [-0.4, -0.2) is 24.3 Å². The maximum atomic E-state index is 8.59. The maximum Gasteiger partial charge on any atom is 0.210 e. The summed E-state index contributed by atoms with van der Waals surface area (Å²) in [5.41, 5.74) is 8.59. The number of nitrogens with one attached hydrogen (secondary N) is 1. The second-order valence-electron chi connectivity index (χ2n) is 4.54. The fraction of sp³-hybridized carbons (Fsp3) is 0.909. The van der Waals surface area contributed by atoms with Crippen LogP contribution in [0.15, 0.2) is 5.11 Å². The van der Waals surface area contributed by atoms with E-state index in [1.54, 1.807) is 6.92 Å². The Kier molecular flexibility index (Phi) is 4.78. The quantitative estimate of drug-likeness (QED) is 0.270. The molecule has 17 heavy (non-hydrogen) atoms. The molecule has 5 atom stereocenters. The van der Waals surface area contributed by atoms with E-state index in [1.807, 2.05) is 6.92 Å². The lowest BCUT2D eigenvalue weighted by atomic mass is 9.81. The molecule has 0 spiro atoms. The molecule has 6 nitrogen and oxygen atoms in total. The molecule has 0 bridgehead atoms. The molecule has 0 amide bonds. The predicted octanol–water partition coefficient (Wildman–Crippen LogP) is 3.09. The molecule has 2 unspecified atom stereocenters. The third-order valence-corrected chi connectivity index (χ3v) is 3.42. The van der Waals surface area contributed by atoms with Crippen LogP contribution in [0.3, 0.4) is 0 Å². The summed E-state index contributed by atoms with van der Waals surface area (Å²) in [6.07, 6.45) is 0.324. The topological polar surface area (TPSA) is 91.1 Å². The second kappa shape index (κ2) is 5.89. The van der Waals surface area contributed by atoms with E-state index < -0.39 is 6.29 Å². The average molecular weight is 240 g/mol. The lowest BCUT2D eigenvalue weighted by molar-refractivity contribution is -0.198. The van der Waals surface area contributed by atoms with E-state index in [0.29, 0.717) is 5.92 Å². The van der Waals surface area contributed by atoms with Gasteiger partial charge in [0.2, 0.25) is 6.29 Å². The van der Waals surface area contributed by atoms with Gasteiger partial charge in [-0.2, -0.15) is 0 Å². The van der Waals surface area contributed by atoms with Crippen LogP contribution in [0.4, 0.5) is 0 Å². The molecule has 0 aliphatic carbocycles. The van der Waals surface area contributed by atoms with E-state index in [1.165, 1.54) is 0 Å². The monoisotopic (exact) mass is 240 g/mol. The van der Waals surface area contributed by atoms with E-state index in [2.05, 4.69) is 23.9 Å². The van der Waals surface area contributed by atoms with Gasteiger partial charge in [-0.3, -0.25) is 5.41 Å². The SMILES string of the molecule is CC[C@H]1O[C@H](OC(C)=N)C(N=[N+]=[N-])C(C)[C@@H]1C. The Morgan fingerprint density at radius 1 is 1.47 bits per heavy atom. The molecule has 1 saturated heterocycles. The van der Waals surface area contributed by atoms with Gasteiger partial charge in [-0.15, -0.1) is 0 Å². The molecule has 0 aromatic carbocycles. The van der Waals surface area contributed by atoms with Gasteiger partial charge >= 0.3 is 0 Å². The minimum Gasteiger partial charge on any atom is -0.452 e. The second-order valence-corrected chi connectivity index (χ2v) is 4.54. The first kappa shape index (κ1) is 13.8. The third kappa shape index (κ3) is 3.11. The number of hydrogen-bond donors (Lipinski definition) is 1. The van der Waals surface area contributed by atoms with Crippen LogP contribution in [-0.2, 0) is 9.47 Å². The minimum absolute atomic E-state index is 0.0738. The largest absolute Gasteiger partial charge is 0.452 e. The summed E-state index contributed by atoms with van der Waals surface area (Å²) >= 11 is 0. The standard InChI is InChI=1S/C11H20N4O2/c1-5-9-6(2)7(3)10(14-15-13)11(17-9)16-8(4)12/h6-7,9-12H,5H2,1-4H3/t6-,7?,9+,10?,11-/m0/s1. The Hall–Kier alpha value is -1.26. The summed E-state index contributed by atoms with van der Waals surface area (Å²) in [7, 11) is 0. The molecule has 6 heteroatoms. The molecule has 1 aliphatic rings. The Labute approximate surface area is 101 Å². The van der Waals surface area contributed by atoms with Crippen molar-refractivity contribution >= 4 is 5.90 Å². The number of hydrogen-bond acceptors (Lipinski definition) is 4. The normalized spacial score (nSPS) is 37.1. The number of nitrogens with zero attached hydrogens (tertiary/aromatic N) is 3. The summed E-state index contributed by atoms with van der Waals surface area (Å²) in [5, 5.41) is 11.1. The molecule has 0 aromatic heterocycles. The van der Waals surface area contributed by atoms with Gasteiger partial charge in [-0.1, -0.05) is 25.9 Å². The van der Waals surface area contributed by atoms with Crippen molar-refractivity contribution in [3.63, 3.8) is 0 Å². The first-order chi connectivity index (χ1) is 8.01. The zero-order valence-electron chi connectivity index (χ0n) is 10.8. The fourth-order valence-corrected chi connectivity index (χ4v) is 2.23. The summed E-state index contributed by atoms with van der Waals surface area (Å²) < 4.78 is 11.1. The van der Waals surface area contributed by atoms with Gasteiger partial charge in [0.15, 0.2) is 5.90 Å². The molecule has 0 saturated carbocycles. The molecule has 1 aliphatic heterocycles. The first-order valence-electron chi connectivity index (χ1n) is 5.92. The van der Waals surface area contributed by atoms with E-state index in [4.69, 9.17) is 20.4 Å². The Morgan fingerprint density at radius 2 is 2.12 bits per heavy atom. The summed E-state index contributed by atoms with van der Waals surface area (Å²) in [4.78, 5) is 2.85. The van der Waals surface area contributed by atoms with Crippen molar-refractivity contribution in [2.75, 3.05) is 0 Å². The average Bonchev–Trinajstić information content (AvgIpc) is 2.27. The zero-order valence-corrected chi connectivity index (χ0v) is 10.8. The van der Waals surface area contributed by atoms with Crippen LogP contribution >= 0.6 is 0 Å².